The summed E-state index contributed by atoms with van der Waals surface area (Å²) < 4.78 is 5.65. The first-order valence-corrected chi connectivity index (χ1v) is 8.26. The molecule has 1 unspecified atom stereocenters. The van der Waals surface area contributed by atoms with Crippen molar-refractivity contribution in [2.24, 2.45) is 5.41 Å². The van der Waals surface area contributed by atoms with Crippen molar-refractivity contribution in [1.29, 1.82) is 0 Å². The minimum Gasteiger partial charge on any atom is -0.378 e. The van der Waals surface area contributed by atoms with Crippen molar-refractivity contribution in [1.82, 2.24) is 10.2 Å². The summed E-state index contributed by atoms with van der Waals surface area (Å²) in [6, 6.07) is 0.644. The van der Waals surface area contributed by atoms with Crippen LogP contribution in [0.3, 0.4) is 0 Å². The zero-order valence-electron chi connectivity index (χ0n) is 12.9. The first kappa shape index (κ1) is 15.3. The van der Waals surface area contributed by atoms with Crippen LogP contribution in [0.2, 0.25) is 0 Å². The molecule has 0 spiro atoms. The lowest BCUT2D eigenvalue weighted by atomic mass is 9.79. The van der Waals surface area contributed by atoms with Gasteiger partial charge in [-0.15, -0.1) is 0 Å². The molecule has 0 bridgehead atoms. The maximum Gasteiger partial charge on any atom is 0.0622 e. The van der Waals surface area contributed by atoms with Crippen molar-refractivity contribution in [2.45, 2.75) is 57.9 Å². The molecule has 1 aliphatic carbocycles. The molecule has 0 aromatic heterocycles. The third-order valence-electron chi connectivity index (χ3n) is 5.08. The molecule has 0 aromatic carbocycles. The normalized spacial score (nSPS) is 29.1. The molecule has 1 aliphatic heterocycles. The van der Waals surface area contributed by atoms with Crippen LogP contribution < -0.4 is 5.32 Å². The first-order valence-electron chi connectivity index (χ1n) is 8.26. The fourth-order valence-corrected chi connectivity index (χ4v) is 3.95. The van der Waals surface area contributed by atoms with E-state index in [-0.39, 0.29) is 0 Å². The van der Waals surface area contributed by atoms with Gasteiger partial charge >= 0.3 is 0 Å². The first-order chi connectivity index (χ1) is 9.29. The van der Waals surface area contributed by atoms with Gasteiger partial charge in [-0.05, 0) is 31.7 Å². The van der Waals surface area contributed by atoms with Gasteiger partial charge in [-0.3, -0.25) is 4.90 Å². The molecule has 1 N–H and O–H groups in total. The maximum absolute atomic E-state index is 5.65. The largest absolute Gasteiger partial charge is 0.378 e. The molecule has 112 valence electrons. The fraction of sp³-hybridized carbons (Fsp3) is 1.00. The Hall–Kier alpha value is -0.120. The molecular weight excluding hydrogens is 236 g/mol. The standard InChI is InChI=1S/C16H32N2O/c1-3-15-12-19-11-10-18(15)14-16(13-17-2)8-6-4-5-7-9-16/h15,17H,3-14H2,1-2H3. The minimum atomic E-state index is 0.510. The predicted molar refractivity (Wildman–Crippen MR) is 80.5 cm³/mol. The summed E-state index contributed by atoms with van der Waals surface area (Å²) in [5.74, 6) is 0. The highest BCUT2D eigenvalue weighted by molar-refractivity contribution is 4.89. The number of hydrogen-bond acceptors (Lipinski definition) is 3. The number of ether oxygens (including phenoxy) is 1. The lowest BCUT2D eigenvalue weighted by Crippen LogP contribution is -2.52. The van der Waals surface area contributed by atoms with Crippen LogP contribution in [-0.2, 0) is 4.74 Å². The van der Waals surface area contributed by atoms with Crippen molar-refractivity contribution in [3.8, 4) is 0 Å². The van der Waals surface area contributed by atoms with E-state index in [1.54, 1.807) is 0 Å². The average molecular weight is 268 g/mol. The van der Waals surface area contributed by atoms with Crippen LogP contribution in [0.1, 0.15) is 51.9 Å². The Kier molecular flexibility index (Phi) is 6.11. The maximum atomic E-state index is 5.65. The highest BCUT2D eigenvalue weighted by Crippen LogP contribution is 2.36. The van der Waals surface area contributed by atoms with Crippen LogP contribution in [-0.4, -0.2) is 50.8 Å². The lowest BCUT2D eigenvalue weighted by Gasteiger charge is -2.43. The zero-order chi connectivity index (χ0) is 13.6. The molecule has 1 heterocycles. The molecule has 1 saturated carbocycles. The van der Waals surface area contributed by atoms with Crippen LogP contribution in [0.25, 0.3) is 0 Å². The summed E-state index contributed by atoms with van der Waals surface area (Å²) in [5.41, 5.74) is 0.510. The molecule has 0 aromatic rings. The monoisotopic (exact) mass is 268 g/mol. The average Bonchev–Trinajstić information content (AvgIpc) is 2.66. The number of rotatable bonds is 5. The second-order valence-corrected chi connectivity index (χ2v) is 6.55. The highest BCUT2D eigenvalue weighted by atomic mass is 16.5. The summed E-state index contributed by atoms with van der Waals surface area (Å²) in [6.07, 6.45) is 9.74. The predicted octanol–water partition coefficient (Wildman–Crippen LogP) is 2.66. The van der Waals surface area contributed by atoms with Gasteiger partial charge in [0.25, 0.3) is 0 Å². The Morgan fingerprint density at radius 2 is 1.95 bits per heavy atom. The molecule has 2 fully saturated rings. The van der Waals surface area contributed by atoms with Gasteiger partial charge in [-0.1, -0.05) is 32.6 Å². The summed E-state index contributed by atoms with van der Waals surface area (Å²) in [6.45, 7) is 7.74. The van der Waals surface area contributed by atoms with Crippen molar-refractivity contribution in [2.75, 3.05) is 39.9 Å². The van der Waals surface area contributed by atoms with Gasteiger partial charge in [0.05, 0.1) is 13.2 Å². The van der Waals surface area contributed by atoms with Crippen LogP contribution in [0.15, 0.2) is 0 Å². The molecule has 1 saturated heterocycles. The van der Waals surface area contributed by atoms with Crippen LogP contribution in [0, 0.1) is 5.41 Å². The Labute approximate surface area is 119 Å². The highest BCUT2D eigenvalue weighted by Gasteiger charge is 2.35. The SMILES string of the molecule is CCC1COCCN1CC1(CNC)CCCCCC1. The van der Waals surface area contributed by atoms with E-state index in [0.29, 0.717) is 11.5 Å². The minimum absolute atomic E-state index is 0.510. The van der Waals surface area contributed by atoms with E-state index in [1.807, 2.05) is 0 Å². The molecule has 3 nitrogen and oxygen atoms in total. The fourth-order valence-electron chi connectivity index (χ4n) is 3.95. The molecule has 3 heteroatoms. The summed E-state index contributed by atoms with van der Waals surface area (Å²) in [5, 5.41) is 3.47. The molecule has 0 amide bonds. The number of nitrogens with one attached hydrogen (secondary N) is 1. The van der Waals surface area contributed by atoms with Gasteiger partial charge in [0, 0.05) is 25.7 Å². The third kappa shape index (κ3) is 4.17. The quantitative estimate of drug-likeness (QED) is 0.776. The Balaban J connectivity index is 2.01. The van der Waals surface area contributed by atoms with Crippen molar-refractivity contribution in [3.05, 3.63) is 0 Å². The van der Waals surface area contributed by atoms with Crippen molar-refractivity contribution in [3.63, 3.8) is 0 Å². The number of nitrogens with zero attached hydrogens (tertiary/aromatic N) is 1. The van der Waals surface area contributed by atoms with E-state index in [1.165, 1.54) is 58.0 Å². The second-order valence-electron chi connectivity index (χ2n) is 6.55. The van der Waals surface area contributed by atoms with Gasteiger partial charge in [0.2, 0.25) is 0 Å². The van der Waals surface area contributed by atoms with E-state index in [0.717, 1.165) is 19.8 Å². The Bertz CT molecular complexity index is 249. The van der Waals surface area contributed by atoms with Crippen LogP contribution in [0.5, 0.6) is 0 Å². The van der Waals surface area contributed by atoms with Gasteiger partial charge in [0.15, 0.2) is 0 Å². The molecule has 2 aliphatic rings. The lowest BCUT2D eigenvalue weighted by molar-refractivity contribution is -0.0305. The van der Waals surface area contributed by atoms with E-state index >= 15 is 0 Å². The van der Waals surface area contributed by atoms with E-state index in [4.69, 9.17) is 4.74 Å². The topological polar surface area (TPSA) is 24.5 Å². The second kappa shape index (κ2) is 7.61. The van der Waals surface area contributed by atoms with Gasteiger partial charge < -0.3 is 10.1 Å². The van der Waals surface area contributed by atoms with Gasteiger partial charge in [0.1, 0.15) is 0 Å². The van der Waals surface area contributed by atoms with E-state index < -0.39 is 0 Å². The Morgan fingerprint density at radius 1 is 1.21 bits per heavy atom. The van der Waals surface area contributed by atoms with Crippen LogP contribution in [0.4, 0.5) is 0 Å². The summed E-state index contributed by atoms with van der Waals surface area (Å²) in [7, 11) is 2.11. The van der Waals surface area contributed by atoms with Gasteiger partial charge in [-0.2, -0.15) is 0 Å². The van der Waals surface area contributed by atoms with Crippen LogP contribution >= 0.6 is 0 Å². The van der Waals surface area contributed by atoms with Crippen molar-refractivity contribution < 1.29 is 4.74 Å². The summed E-state index contributed by atoms with van der Waals surface area (Å²) >= 11 is 0. The third-order valence-corrected chi connectivity index (χ3v) is 5.08. The zero-order valence-corrected chi connectivity index (χ0v) is 12.9. The number of morpholine rings is 1. The molecular formula is C16H32N2O. The van der Waals surface area contributed by atoms with E-state index in [9.17, 15) is 0 Å². The number of hydrogen-bond donors (Lipinski definition) is 1. The van der Waals surface area contributed by atoms with E-state index in [2.05, 4.69) is 24.2 Å². The molecule has 2 rings (SSSR count). The smallest absolute Gasteiger partial charge is 0.0622 e. The van der Waals surface area contributed by atoms with Crippen molar-refractivity contribution >= 4 is 0 Å². The molecule has 1 atom stereocenters. The summed E-state index contributed by atoms with van der Waals surface area (Å²) in [4.78, 5) is 2.71. The molecule has 0 radical (unpaired) electrons. The van der Waals surface area contributed by atoms with Gasteiger partial charge in [-0.25, -0.2) is 0 Å². The Morgan fingerprint density at radius 3 is 2.58 bits per heavy atom. The molecule has 19 heavy (non-hydrogen) atoms.